The molecule has 7 heteroatoms. The minimum Gasteiger partial charge on any atom is -0.492 e. The summed E-state index contributed by atoms with van der Waals surface area (Å²) in [4.78, 5) is 15.6. The van der Waals surface area contributed by atoms with Gasteiger partial charge in [-0.2, -0.15) is 0 Å². The Morgan fingerprint density at radius 1 is 1.07 bits per heavy atom. The second-order valence-electron chi connectivity index (χ2n) is 5.84. The Balaban J connectivity index is 0.00000364. The zero-order valence-electron chi connectivity index (χ0n) is 15.7. The number of nitrogens with two attached hydrogens (primary N) is 1. The van der Waals surface area contributed by atoms with Crippen LogP contribution in [0.15, 0.2) is 53.5 Å². The number of hydrogen-bond acceptors (Lipinski definition) is 3. The number of nitrogens with one attached hydrogen (secondary N) is 2. The number of benzene rings is 2. The standard InChI is InChI=1S/C20H26N4O2.HI/c1-3-22-20(23-12-13-26-18-10-4-15(2)5-11-18)24-14-16-6-8-17(9-7-16)19(21)25;/h4-11H,3,12-14H2,1-2H3,(H2,21,25)(H2,22,23,24);1H. The second kappa shape index (κ2) is 12.2. The molecule has 4 N–H and O–H groups in total. The number of rotatable bonds is 8. The molecule has 6 nitrogen and oxygen atoms in total. The smallest absolute Gasteiger partial charge is 0.248 e. The van der Waals surface area contributed by atoms with Gasteiger partial charge in [-0.1, -0.05) is 29.8 Å². The Labute approximate surface area is 177 Å². The van der Waals surface area contributed by atoms with Gasteiger partial charge in [-0.3, -0.25) is 4.79 Å². The molecule has 0 aromatic heterocycles. The van der Waals surface area contributed by atoms with E-state index in [0.29, 0.717) is 25.3 Å². The van der Waals surface area contributed by atoms with E-state index in [0.717, 1.165) is 23.8 Å². The van der Waals surface area contributed by atoms with Gasteiger partial charge in [0.1, 0.15) is 12.4 Å². The van der Waals surface area contributed by atoms with Crippen LogP contribution < -0.4 is 21.1 Å². The molecule has 0 bridgehead atoms. The first-order valence-electron chi connectivity index (χ1n) is 8.69. The lowest BCUT2D eigenvalue weighted by Gasteiger charge is -2.12. The number of carbonyl (C=O) groups excluding carboxylic acids is 1. The molecule has 2 rings (SSSR count). The molecule has 0 unspecified atom stereocenters. The van der Waals surface area contributed by atoms with Crippen molar-refractivity contribution in [1.29, 1.82) is 0 Å². The van der Waals surface area contributed by atoms with Crippen molar-refractivity contribution in [3.05, 3.63) is 65.2 Å². The molecular formula is C20H27IN4O2. The van der Waals surface area contributed by atoms with E-state index in [2.05, 4.69) is 15.6 Å². The zero-order chi connectivity index (χ0) is 18.8. The van der Waals surface area contributed by atoms with Crippen LogP contribution in [0, 0.1) is 6.92 Å². The van der Waals surface area contributed by atoms with Crippen molar-refractivity contribution < 1.29 is 9.53 Å². The average molecular weight is 482 g/mol. The lowest BCUT2D eigenvalue weighted by Crippen LogP contribution is -2.39. The van der Waals surface area contributed by atoms with Crippen molar-refractivity contribution in [2.75, 3.05) is 19.7 Å². The molecule has 2 aromatic rings. The molecule has 0 saturated carbocycles. The molecule has 0 fully saturated rings. The van der Waals surface area contributed by atoms with Gasteiger partial charge in [0.25, 0.3) is 0 Å². The molecule has 1 amide bonds. The second-order valence-corrected chi connectivity index (χ2v) is 5.84. The molecule has 0 aliphatic carbocycles. The van der Waals surface area contributed by atoms with Crippen LogP contribution in [0.25, 0.3) is 0 Å². The topological polar surface area (TPSA) is 88.7 Å². The molecule has 0 saturated heterocycles. The Hall–Kier alpha value is -2.29. The summed E-state index contributed by atoms with van der Waals surface area (Å²) >= 11 is 0. The molecule has 0 atom stereocenters. The summed E-state index contributed by atoms with van der Waals surface area (Å²) in [7, 11) is 0. The predicted octanol–water partition coefficient (Wildman–Crippen LogP) is 2.85. The lowest BCUT2D eigenvalue weighted by atomic mass is 10.1. The largest absolute Gasteiger partial charge is 0.492 e. The maximum absolute atomic E-state index is 11.1. The van der Waals surface area contributed by atoms with Crippen LogP contribution in [-0.4, -0.2) is 31.6 Å². The molecule has 0 spiro atoms. The monoisotopic (exact) mass is 482 g/mol. The normalized spacial score (nSPS) is 10.7. The first-order chi connectivity index (χ1) is 12.6. The Kier molecular flexibility index (Phi) is 10.2. The molecule has 0 aliphatic heterocycles. The quantitative estimate of drug-likeness (QED) is 0.234. The highest BCUT2D eigenvalue weighted by Crippen LogP contribution is 2.10. The number of amides is 1. The lowest BCUT2D eigenvalue weighted by molar-refractivity contribution is 0.100. The van der Waals surface area contributed by atoms with Crippen LogP contribution in [0.1, 0.15) is 28.4 Å². The predicted molar refractivity (Wildman–Crippen MR) is 120 cm³/mol. The highest BCUT2D eigenvalue weighted by Gasteiger charge is 2.01. The van der Waals surface area contributed by atoms with Gasteiger partial charge in [0.15, 0.2) is 5.96 Å². The van der Waals surface area contributed by atoms with Gasteiger partial charge >= 0.3 is 0 Å². The number of primary amides is 1. The number of aryl methyl sites for hydroxylation is 1. The van der Waals surface area contributed by atoms with Gasteiger partial charge in [0.05, 0.1) is 13.1 Å². The van der Waals surface area contributed by atoms with Gasteiger partial charge in [0, 0.05) is 12.1 Å². The van der Waals surface area contributed by atoms with Crippen molar-refractivity contribution in [3.63, 3.8) is 0 Å². The summed E-state index contributed by atoms with van der Waals surface area (Å²) in [6, 6.07) is 15.1. The van der Waals surface area contributed by atoms with Crippen LogP contribution in [0.3, 0.4) is 0 Å². The van der Waals surface area contributed by atoms with E-state index in [9.17, 15) is 4.79 Å². The molecule has 0 aliphatic rings. The van der Waals surface area contributed by atoms with E-state index in [4.69, 9.17) is 10.5 Å². The fourth-order valence-corrected chi connectivity index (χ4v) is 2.26. The fourth-order valence-electron chi connectivity index (χ4n) is 2.26. The number of guanidine groups is 1. The van der Waals surface area contributed by atoms with Gasteiger partial charge in [-0.25, -0.2) is 4.99 Å². The van der Waals surface area contributed by atoms with Gasteiger partial charge in [-0.05, 0) is 43.7 Å². The van der Waals surface area contributed by atoms with Crippen molar-refractivity contribution in [3.8, 4) is 5.75 Å². The molecule has 2 aromatic carbocycles. The van der Waals surface area contributed by atoms with E-state index in [-0.39, 0.29) is 24.0 Å². The summed E-state index contributed by atoms with van der Waals surface area (Å²) in [6.45, 7) is 6.52. The summed E-state index contributed by atoms with van der Waals surface area (Å²) in [5.41, 5.74) is 7.95. The van der Waals surface area contributed by atoms with Crippen molar-refractivity contribution in [2.45, 2.75) is 20.4 Å². The summed E-state index contributed by atoms with van der Waals surface area (Å²) in [6.07, 6.45) is 0. The Morgan fingerprint density at radius 2 is 1.74 bits per heavy atom. The Bertz CT molecular complexity index is 731. The number of nitrogens with zero attached hydrogens (tertiary/aromatic N) is 1. The maximum atomic E-state index is 11.1. The molecular weight excluding hydrogens is 455 g/mol. The number of ether oxygens (including phenoxy) is 1. The van der Waals surface area contributed by atoms with Crippen LogP contribution >= 0.6 is 24.0 Å². The average Bonchev–Trinajstić information content (AvgIpc) is 2.65. The highest BCUT2D eigenvalue weighted by molar-refractivity contribution is 14.0. The van der Waals surface area contributed by atoms with Gasteiger partial charge in [-0.15, -0.1) is 24.0 Å². The van der Waals surface area contributed by atoms with Crippen LogP contribution in [0.5, 0.6) is 5.75 Å². The third-order valence-electron chi connectivity index (χ3n) is 3.69. The van der Waals surface area contributed by atoms with E-state index in [1.54, 1.807) is 12.1 Å². The third kappa shape index (κ3) is 8.29. The third-order valence-corrected chi connectivity index (χ3v) is 3.69. The summed E-state index contributed by atoms with van der Waals surface area (Å²) < 4.78 is 5.70. The first kappa shape index (κ1) is 22.8. The number of aliphatic imine (C=N–C) groups is 1. The number of hydrogen-bond donors (Lipinski definition) is 3. The minimum absolute atomic E-state index is 0. The number of halogens is 1. The molecule has 27 heavy (non-hydrogen) atoms. The van der Waals surface area contributed by atoms with Crippen LogP contribution in [0.4, 0.5) is 0 Å². The first-order valence-corrected chi connectivity index (χ1v) is 8.69. The van der Waals surface area contributed by atoms with E-state index < -0.39 is 5.91 Å². The van der Waals surface area contributed by atoms with E-state index >= 15 is 0 Å². The maximum Gasteiger partial charge on any atom is 0.248 e. The number of carbonyl (C=O) groups is 1. The van der Waals surface area contributed by atoms with Gasteiger partial charge in [0.2, 0.25) is 5.91 Å². The SMILES string of the molecule is CCNC(=NCc1ccc(C(N)=O)cc1)NCCOc1ccc(C)cc1.I. The van der Waals surface area contributed by atoms with E-state index in [1.807, 2.05) is 50.2 Å². The van der Waals surface area contributed by atoms with Crippen molar-refractivity contribution in [1.82, 2.24) is 10.6 Å². The highest BCUT2D eigenvalue weighted by atomic mass is 127. The summed E-state index contributed by atoms with van der Waals surface area (Å²) in [5, 5.41) is 6.44. The molecule has 146 valence electrons. The molecule has 0 heterocycles. The van der Waals surface area contributed by atoms with Crippen LogP contribution in [-0.2, 0) is 6.54 Å². The fraction of sp³-hybridized carbons (Fsp3) is 0.300. The Morgan fingerprint density at radius 3 is 2.33 bits per heavy atom. The van der Waals surface area contributed by atoms with Crippen LogP contribution in [0.2, 0.25) is 0 Å². The minimum atomic E-state index is -0.427. The van der Waals surface area contributed by atoms with E-state index in [1.165, 1.54) is 5.56 Å². The van der Waals surface area contributed by atoms with Crippen molar-refractivity contribution >= 4 is 35.8 Å². The zero-order valence-corrected chi connectivity index (χ0v) is 18.0. The molecule has 0 radical (unpaired) electrons. The van der Waals surface area contributed by atoms with Gasteiger partial charge < -0.3 is 21.1 Å². The summed E-state index contributed by atoms with van der Waals surface area (Å²) in [5.74, 6) is 1.15. The van der Waals surface area contributed by atoms with Crippen molar-refractivity contribution in [2.24, 2.45) is 10.7 Å².